The fourth-order valence-corrected chi connectivity index (χ4v) is 4.68. The van der Waals surface area contributed by atoms with Gasteiger partial charge in [0.1, 0.15) is 5.82 Å². The number of anilines is 2. The normalized spacial score (nSPS) is 11.5. The summed E-state index contributed by atoms with van der Waals surface area (Å²) in [5.74, 6) is -0.839. The molecule has 0 saturated heterocycles. The molecule has 2 N–H and O–H groups in total. The second-order valence-corrected chi connectivity index (χ2v) is 8.72. The van der Waals surface area contributed by atoms with Gasteiger partial charge in [0.05, 0.1) is 5.69 Å². The van der Waals surface area contributed by atoms with E-state index in [0.29, 0.717) is 17.1 Å². The number of nitrogens with zero attached hydrogens (tertiary/aromatic N) is 1. The Bertz CT molecular complexity index is 1350. The van der Waals surface area contributed by atoms with Crippen LogP contribution < -0.4 is 10.6 Å². The number of halogens is 1. The Hall–Kier alpha value is -3.84. The molecule has 0 atom stereocenters. The summed E-state index contributed by atoms with van der Waals surface area (Å²) in [6, 6.07) is 19.7. The highest BCUT2D eigenvalue weighted by molar-refractivity contribution is 7.14. The third kappa shape index (κ3) is 4.68. The number of carbonyl (C=O) groups is 2. The molecule has 0 unspecified atom stereocenters. The molecule has 0 fully saturated rings. The zero-order chi connectivity index (χ0) is 22.8. The number of carbonyl (C=O) groups excluding carboxylic acids is 2. The van der Waals surface area contributed by atoms with Gasteiger partial charge in [0.2, 0.25) is 5.91 Å². The summed E-state index contributed by atoms with van der Waals surface area (Å²) < 4.78 is 13.0. The smallest absolute Gasteiger partial charge is 0.257 e. The molecule has 2 amide bonds. The second kappa shape index (κ2) is 8.96. The SMILES string of the molecule is O=C(CCc1csc(NC(=O)c2ccc(F)cc2)n1)Nc1ccc2c(c1)Cc1ccccc1-2. The molecule has 1 aliphatic carbocycles. The molecule has 0 saturated carbocycles. The lowest BCUT2D eigenvalue weighted by molar-refractivity contribution is -0.116. The molecule has 33 heavy (non-hydrogen) atoms. The lowest BCUT2D eigenvalue weighted by atomic mass is 10.1. The first-order valence-corrected chi connectivity index (χ1v) is 11.5. The third-order valence-electron chi connectivity index (χ3n) is 5.56. The number of rotatable bonds is 6. The number of nitrogens with one attached hydrogen (secondary N) is 2. The van der Waals surface area contributed by atoms with E-state index >= 15 is 0 Å². The van der Waals surface area contributed by atoms with E-state index in [0.717, 1.165) is 17.8 Å². The highest BCUT2D eigenvalue weighted by atomic mass is 32.1. The highest BCUT2D eigenvalue weighted by Gasteiger charge is 2.18. The summed E-state index contributed by atoms with van der Waals surface area (Å²) in [6.45, 7) is 0. The van der Waals surface area contributed by atoms with Crippen LogP contribution in [0.25, 0.3) is 11.1 Å². The largest absolute Gasteiger partial charge is 0.326 e. The van der Waals surface area contributed by atoms with E-state index < -0.39 is 5.82 Å². The Morgan fingerprint density at radius 2 is 1.73 bits per heavy atom. The third-order valence-corrected chi connectivity index (χ3v) is 6.37. The molecular weight excluding hydrogens is 437 g/mol. The topological polar surface area (TPSA) is 71.1 Å². The van der Waals surface area contributed by atoms with Crippen LogP contribution in [0.4, 0.5) is 15.2 Å². The number of benzene rings is 3. The fraction of sp³-hybridized carbons (Fsp3) is 0.115. The lowest BCUT2D eigenvalue weighted by Crippen LogP contribution is -2.13. The van der Waals surface area contributed by atoms with Crippen LogP contribution in [0.15, 0.2) is 72.1 Å². The van der Waals surface area contributed by atoms with Crippen molar-refractivity contribution in [3.05, 3.63) is 100 Å². The second-order valence-electron chi connectivity index (χ2n) is 7.86. The standard InChI is InChI=1S/C26H20FN3O2S/c27-19-7-5-16(6-8-19)25(32)30-26-29-21(15-33-26)10-12-24(31)28-20-9-11-23-18(14-20)13-17-3-1-2-4-22(17)23/h1-9,11,14-15H,10,12-13H2,(H,28,31)(H,29,30,32). The molecule has 0 bridgehead atoms. The minimum Gasteiger partial charge on any atom is -0.326 e. The minimum atomic E-state index is -0.397. The highest BCUT2D eigenvalue weighted by Crippen LogP contribution is 2.37. The number of hydrogen-bond donors (Lipinski definition) is 2. The van der Waals surface area contributed by atoms with Crippen molar-refractivity contribution in [3.8, 4) is 11.1 Å². The van der Waals surface area contributed by atoms with E-state index in [2.05, 4.69) is 33.8 Å². The molecular formula is C26H20FN3O2S. The van der Waals surface area contributed by atoms with Crippen molar-refractivity contribution >= 4 is 34.0 Å². The van der Waals surface area contributed by atoms with Gasteiger partial charge in [-0.2, -0.15) is 0 Å². The van der Waals surface area contributed by atoms with Crippen molar-refractivity contribution in [2.45, 2.75) is 19.3 Å². The van der Waals surface area contributed by atoms with Crippen molar-refractivity contribution < 1.29 is 14.0 Å². The van der Waals surface area contributed by atoms with E-state index in [1.54, 1.807) is 0 Å². The van der Waals surface area contributed by atoms with Crippen molar-refractivity contribution in [3.63, 3.8) is 0 Å². The van der Waals surface area contributed by atoms with Gasteiger partial charge in [0.15, 0.2) is 5.13 Å². The molecule has 5 rings (SSSR count). The number of aryl methyl sites for hydroxylation is 1. The summed E-state index contributed by atoms with van der Waals surface area (Å²) in [5, 5.41) is 7.93. The molecule has 3 aromatic carbocycles. The number of thiazole rings is 1. The van der Waals surface area contributed by atoms with Gasteiger partial charge in [-0.25, -0.2) is 9.37 Å². The lowest BCUT2D eigenvalue weighted by Gasteiger charge is -2.07. The van der Waals surface area contributed by atoms with Crippen molar-refractivity contribution in [2.75, 3.05) is 10.6 Å². The van der Waals surface area contributed by atoms with Crippen LogP contribution in [0.3, 0.4) is 0 Å². The van der Waals surface area contributed by atoms with E-state index in [9.17, 15) is 14.0 Å². The van der Waals surface area contributed by atoms with E-state index in [-0.39, 0.29) is 18.2 Å². The first-order chi connectivity index (χ1) is 16.0. The van der Waals surface area contributed by atoms with Crippen molar-refractivity contribution in [2.24, 2.45) is 0 Å². The molecule has 5 nitrogen and oxygen atoms in total. The fourth-order valence-electron chi connectivity index (χ4n) is 3.94. The van der Waals surface area contributed by atoms with Crippen LogP contribution in [0.5, 0.6) is 0 Å². The molecule has 164 valence electrons. The van der Waals surface area contributed by atoms with Crippen LogP contribution >= 0.6 is 11.3 Å². The number of amides is 2. The molecule has 0 radical (unpaired) electrons. The quantitative estimate of drug-likeness (QED) is 0.345. The molecule has 0 aliphatic heterocycles. The molecule has 7 heteroatoms. The van der Waals surface area contributed by atoms with Gasteiger partial charge in [0, 0.05) is 23.1 Å². The summed E-state index contributed by atoms with van der Waals surface area (Å²) in [5.41, 5.74) is 6.88. The van der Waals surface area contributed by atoms with Gasteiger partial charge < -0.3 is 5.32 Å². The van der Waals surface area contributed by atoms with Gasteiger partial charge in [0.25, 0.3) is 5.91 Å². The number of fused-ring (bicyclic) bond motifs is 3. The van der Waals surface area contributed by atoms with Crippen LogP contribution in [0.2, 0.25) is 0 Å². The monoisotopic (exact) mass is 457 g/mol. The number of hydrogen-bond acceptors (Lipinski definition) is 4. The van der Waals surface area contributed by atoms with Crippen LogP contribution in [0, 0.1) is 5.82 Å². The summed E-state index contributed by atoms with van der Waals surface area (Å²) in [4.78, 5) is 29.1. The maximum Gasteiger partial charge on any atom is 0.257 e. The minimum absolute atomic E-state index is 0.0876. The van der Waals surface area contributed by atoms with E-state index in [1.165, 1.54) is 57.9 Å². The Morgan fingerprint density at radius 3 is 2.58 bits per heavy atom. The van der Waals surface area contributed by atoms with E-state index in [1.807, 2.05) is 29.6 Å². The summed E-state index contributed by atoms with van der Waals surface area (Å²) >= 11 is 1.29. The average molecular weight is 458 g/mol. The predicted octanol–water partition coefficient (Wildman–Crippen LogP) is 5.68. The Labute approximate surface area is 194 Å². The average Bonchev–Trinajstić information content (AvgIpc) is 3.41. The van der Waals surface area contributed by atoms with Crippen LogP contribution in [-0.2, 0) is 17.6 Å². The Morgan fingerprint density at radius 1 is 0.939 bits per heavy atom. The zero-order valence-electron chi connectivity index (χ0n) is 17.6. The van der Waals surface area contributed by atoms with Crippen molar-refractivity contribution in [1.82, 2.24) is 4.98 Å². The van der Waals surface area contributed by atoms with Gasteiger partial charge in [-0.05, 0) is 71.5 Å². The van der Waals surface area contributed by atoms with Gasteiger partial charge in [-0.1, -0.05) is 30.3 Å². The van der Waals surface area contributed by atoms with Gasteiger partial charge in [-0.3, -0.25) is 14.9 Å². The summed E-state index contributed by atoms with van der Waals surface area (Å²) in [6.07, 6.45) is 1.62. The maximum atomic E-state index is 13.0. The first kappa shape index (κ1) is 21.0. The van der Waals surface area contributed by atoms with Crippen LogP contribution in [-0.4, -0.2) is 16.8 Å². The summed E-state index contributed by atoms with van der Waals surface area (Å²) in [7, 11) is 0. The Balaban J connectivity index is 1.15. The molecule has 0 spiro atoms. The molecule has 1 heterocycles. The maximum absolute atomic E-state index is 13.0. The molecule has 4 aromatic rings. The van der Waals surface area contributed by atoms with E-state index in [4.69, 9.17) is 0 Å². The first-order valence-electron chi connectivity index (χ1n) is 10.6. The van der Waals surface area contributed by atoms with Gasteiger partial charge in [-0.15, -0.1) is 11.3 Å². The molecule has 1 aliphatic rings. The van der Waals surface area contributed by atoms with Gasteiger partial charge >= 0.3 is 0 Å². The van der Waals surface area contributed by atoms with Crippen molar-refractivity contribution in [1.29, 1.82) is 0 Å². The number of aromatic nitrogens is 1. The van der Waals surface area contributed by atoms with Crippen LogP contribution in [0.1, 0.15) is 33.6 Å². The predicted molar refractivity (Wildman–Crippen MR) is 128 cm³/mol. The Kier molecular flexibility index (Phi) is 5.71. The zero-order valence-corrected chi connectivity index (χ0v) is 18.4. The molecule has 1 aromatic heterocycles.